The fourth-order valence-electron chi connectivity index (χ4n) is 2.92. The Labute approximate surface area is 148 Å². The lowest BCUT2D eigenvalue weighted by Crippen LogP contribution is -2.33. The number of hydrogen-bond acceptors (Lipinski definition) is 4. The molecule has 8 heteroatoms. The second kappa shape index (κ2) is 6.52. The summed E-state index contributed by atoms with van der Waals surface area (Å²) < 4.78 is 0. The first kappa shape index (κ1) is 16.9. The van der Waals surface area contributed by atoms with Crippen molar-refractivity contribution in [2.24, 2.45) is 0 Å². The van der Waals surface area contributed by atoms with Crippen LogP contribution in [0.3, 0.4) is 0 Å². The van der Waals surface area contributed by atoms with E-state index in [1.165, 1.54) is 24.0 Å². The molecule has 2 amide bonds. The van der Waals surface area contributed by atoms with Crippen LogP contribution >= 0.6 is 11.6 Å². The van der Waals surface area contributed by atoms with Gasteiger partial charge in [-0.3, -0.25) is 19.7 Å². The van der Waals surface area contributed by atoms with Crippen LogP contribution in [-0.4, -0.2) is 16.7 Å². The summed E-state index contributed by atoms with van der Waals surface area (Å²) in [7, 11) is 0. The molecule has 2 aromatic carbocycles. The van der Waals surface area contributed by atoms with Crippen molar-refractivity contribution in [1.82, 2.24) is 0 Å². The number of benzene rings is 2. The minimum Gasteiger partial charge on any atom is -0.324 e. The number of nitro benzene ring substituents is 1. The van der Waals surface area contributed by atoms with Gasteiger partial charge in [0, 0.05) is 24.1 Å². The van der Waals surface area contributed by atoms with Crippen molar-refractivity contribution >= 4 is 40.5 Å². The van der Waals surface area contributed by atoms with E-state index in [-0.39, 0.29) is 23.9 Å². The highest BCUT2D eigenvalue weighted by molar-refractivity contribution is 6.31. The van der Waals surface area contributed by atoms with Gasteiger partial charge in [0.2, 0.25) is 11.8 Å². The third-order valence-electron chi connectivity index (χ3n) is 4.01. The molecule has 7 nitrogen and oxygen atoms in total. The fraction of sp³-hybridized carbons (Fsp3) is 0.176. The number of rotatable bonds is 2. The minimum atomic E-state index is -0.585. The highest BCUT2D eigenvalue weighted by Crippen LogP contribution is 2.39. The molecular weight excluding hydrogens is 346 g/mol. The SMILES string of the molecule is CC(=O)N1c2cc(Cl)ccc2NC(=O)C[C@H]1c1ccc([N+](=O)[O-])cc1. The predicted octanol–water partition coefficient (Wildman–Crippen LogP) is 3.68. The molecule has 1 atom stereocenters. The van der Waals surface area contributed by atoms with Crippen LogP contribution in [0.5, 0.6) is 0 Å². The van der Waals surface area contributed by atoms with Gasteiger partial charge in [0.15, 0.2) is 0 Å². The second-order valence-corrected chi connectivity index (χ2v) is 6.10. The van der Waals surface area contributed by atoms with Crippen LogP contribution in [-0.2, 0) is 9.59 Å². The van der Waals surface area contributed by atoms with Crippen molar-refractivity contribution in [3.63, 3.8) is 0 Å². The lowest BCUT2D eigenvalue weighted by molar-refractivity contribution is -0.384. The van der Waals surface area contributed by atoms with Crippen molar-refractivity contribution in [3.8, 4) is 0 Å². The molecule has 1 heterocycles. The zero-order valence-electron chi connectivity index (χ0n) is 13.2. The number of nitro groups is 1. The maximum Gasteiger partial charge on any atom is 0.269 e. The average Bonchev–Trinajstić information content (AvgIpc) is 2.70. The van der Waals surface area contributed by atoms with Gasteiger partial charge in [-0.2, -0.15) is 0 Å². The maximum atomic E-state index is 12.3. The minimum absolute atomic E-state index is 0.0314. The lowest BCUT2D eigenvalue weighted by Gasteiger charge is -2.29. The molecule has 0 bridgehead atoms. The van der Waals surface area contributed by atoms with E-state index >= 15 is 0 Å². The van der Waals surface area contributed by atoms with E-state index in [1.807, 2.05) is 0 Å². The van der Waals surface area contributed by atoms with Crippen molar-refractivity contribution in [3.05, 3.63) is 63.2 Å². The molecule has 25 heavy (non-hydrogen) atoms. The Morgan fingerprint density at radius 1 is 1.28 bits per heavy atom. The molecule has 2 aromatic rings. The quantitative estimate of drug-likeness (QED) is 0.653. The van der Waals surface area contributed by atoms with Crippen LogP contribution in [0, 0.1) is 10.1 Å². The van der Waals surface area contributed by atoms with Gasteiger partial charge >= 0.3 is 0 Å². The summed E-state index contributed by atoms with van der Waals surface area (Å²) >= 11 is 6.06. The summed E-state index contributed by atoms with van der Waals surface area (Å²) in [5.74, 6) is -0.515. The van der Waals surface area contributed by atoms with Gasteiger partial charge in [0.05, 0.1) is 28.8 Å². The van der Waals surface area contributed by atoms with Crippen LogP contribution < -0.4 is 10.2 Å². The Morgan fingerprint density at radius 2 is 1.96 bits per heavy atom. The molecule has 1 aliphatic rings. The first-order valence-electron chi connectivity index (χ1n) is 7.50. The Morgan fingerprint density at radius 3 is 2.56 bits per heavy atom. The van der Waals surface area contributed by atoms with Crippen molar-refractivity contribution in [2.75, 3.05) is 10.2 Å². The number of hydrogen-bond donors (Lipinski definition) is 1. The third-order valence-corrected chi connectivity index (χ3v) is 4.25. The number of nitrogens with one attached hydrogen (secondary N) is 1. The highest BCUT2D eigenvalue weighted by atomic mass is 35.5. The number of carbonyl (C=O) groups is 2. The van der Waals surface area contributed by atoms with E-state index in [1.54, 1.807) is 30.3 Å². The zero-order chi connectivity index (χ0) is 18.1. The van der Waals surface area contributed by atoms with Gasteiger partial charge in [-0.25, -0.2) is 0 Å². The highest BCUT2D eigenvalue weighted by Gasteiger charge is 2.32. The van der Waals surface area contributed by atoms with Crippen LogP contribution in [0.2, 0.25) is 5.02 Å². The Hall–Kier alpha value is -2.93. The van der Waals surface area contributed by atoms with Crippen LogP contribution in [0.15, 0.2) is 42.5 Å². The first-order chi connectivity index (χ1) is 11.9. The molecule has 0 saturated heterocycles. The number of amides is 2. The molecule has 0 radical (unpaired) electrons. The number of halogens is 1. The van der Waals surface area contributed by atoms with E-state index in [0.717, 1.165) is 0 Å². The molecule has 1 aliphatic heterocycles. The van der Waals surface area contributed by atoms with E-state index < -0.39 is 11.0 Å². The van der Waals surface area contributed by atoms with Gasteiger partial charge < -0.3 is 10.2 Å². The Kier molecular flexibility index (Phi) is 4.41. The van der Waals surface area contributed by atoms with Gasteiger partial charge in [-0.1, -0.05) is 23.7 Å². The van der Waals surface area contributed by atoms with Gasteiger partial charge in [0.25, 0.3) is 5.69 Å². The number of nitrogens with zero attached hydrogens (tertiary/aromatic N) is 2. The van der Waals surface area contributed by atoms with Crippen LogP contribution in [0.4, 0.5) is 17.1 Å². The second-order valence-electron chi connectivity index (χ2n) is 5.67. The standard InChI is InChI=1S/C17H14ClN3O4/c1-10(22)20-15(11-2-5-13(6-3-11)21(24)25)9-17(23)19-14-7-4-12(18)8-16(14)20/h2-8,15H,9H2,1H3,(H,19,23)/t15-/m0/s1. The van der Waals surface area contributed by atoms with Crippen LogP contribution in [0.25, 0.3) is 0 Å². The van der Waals surface area contributed by atoms with E-state index in [2.05, 4.69) is 5.32 Å². The fourth-order valence-corrected chi connectivity index (χ4v) is 3.09. The third kappa shape index (κ3) is 3.32. The summed E-state index contributed by atoms with van der Waals surface area (Å²) in [5, 5.41) is 14.0. The molecule has 0 saturated carbocycles. The van der Waals surface area contributed by atoms with Gasteiger partial charge in [-0.05, 0) is 23.8 Å². The first-order valence-corrected chi connectivity index (χ1v) is 7.88. The van der Waals surface area contributed by atoms with Crippen molar-refractivity contribution in [2.45, 2.75) is 19.4 Å². The summed E-state index contributed by atoms with van der Waals surface area (Å²) in [4.78, 5) is 36.4. The zero-order valence-corrected chi connectivity index (χ0v) is 14.0. The Balaban J connectivity index is 2.11. The molecule has 0 spiro atoms. The number of non-ortho nitro benzene ring substituents is 1. The Bertz CT molecular complexity index is 867. The molecule has 0 fully saturated rings. The van der Waals surface area contributed by atoms with E-state index in [0.29, 0.717) is 22.0 Å². The van der Waals surface area contributed by atoms with E-state index in [4.69, 9.17) is 11.6 Å². The summed E-state index contributed by atoms with van der Waals surface area (Å²) in [6, 6.07) is 10.1. The molecular formula is C17H14ClN3O4. The molecule has 0 aromatic heterocycles. The van der Waals surface area contributed by atoms with Gasteiger partial charge in [-0.15, -0.1) is 0 Å². The normalized spacial score (nSPS) is 16.6. The van der Waals surface area contributed by atoms with Crippen LogP contribution in [0.1, 0.15) is 24.9 Å². The van der Waals surface area contributed by atoms with Gasteiger partial charge in [0.1, 0.15) is 0 Å². The molecule has 3 rings (SSSR count). The number of carbonyl (C=O) groups excluding carboxylic acids is 2. The maximum absolute atomic E-state index is 12.3. The monoisotopic (exact) mass is 359 g/mol. The topological polar surface area (TPSA) is 92.6 Å². The van der Waals surface area contributed by atoms with Crippen molar-refractivity contribution < 1.29 is 14.5 Å². The summed E-state index contributed by atoms with van der Waals surface area (Å²) in [6.07, 6.45) is 0.0314. The molecule has 0 unspecified atom stereocenters. The van der Waals surface area contributed by atoms with Crippen molar-refractivity contribution in [1.29, 1.82) is 0 Å². The summed E-state index contributed by atoms with van der Waals surface area (Å²) in [6.45, 7) is 1.40. The average molecular weight is 360 g/mol. The smallest absolute Gasteiger partial charge is 0.269 e. The number of anilines is 2. The predicted molar refractivity (Wildman–Crippen MR) is 93.7 cm³/mol. The molecule has 0 aliphatic carbocycles. The number of fused-ring (bicyclic) bond motifs is 1. The molecule has 128 valence electrons. The summed E-state index contributed by atoms with van der Waals surface area (Å²) in [5.41, 5.74) is 1.56. The molecule has 1 N–H and O–H groups in total. The lowest BCUT2D eigenvalue weighted by atomic mass is 10.0. The largest absolute Gasteiger partial charge is 0.324 e. The van der Waals surface area contributed by atoms with E-state index in [9.17, 15) is 19.7 Å².